The number of aromatic nitrogens is 1. The number of anilines is 1. The lowest BCUT2D eigenvalue weighted by atomic mass is 10.0. The summed E-state index contributed by atoms with van der Waals surface area (Å²) in [6.07, 6.45) is 4.48. The molecule has 2 aromatic rings. The Morgan fingerprint density at radius 2 is 2.04 bits per heavy atom. The van der Waals surface area contributed by atoms with E-state index in [-0.39, 0.29) is 11.8 Å². The molecular weight excluding hydrogens is 307 g/mol. The molecule has 1 saturated heterocycles. The van der Waals surface area contributed by atoms with Gasteiger partial charge in [-0.25, -0.2) is 4.39 Å². The van der Waals surface area contributed by atoms with Gasteiger partial charge in [-0.3, -0.25) is 9.78 Å². The number of methoxy groups -OCH3 is 1. The van der Waals surface area contributed by atoms with Gasteiger partial charge >= 0.3 is 5.97 Å². The maximum absolute atomic E-state index is 13.7. The molecule has 1 aromatic carbocycles. The van der Waals surface area contributed by atoms with Gasteiger partial charge in [0, 0.05) is 36.8 Å². The SMILES string of the molecule is COC(=O)C[C@@H]1C[C@@H]2CN(c3ccnc4ccc(F)cc34)C[C@@H]2C1. The summed E-state index contributed by atoms with van der Waals surface area (Å²) in [6.45, 7) is 1.94. The third-order valence-corrected chi connectivity index (χ3v) is 5.55. The Labute approximate surface area is 140 Å². The van der Waals surface area contributed by atoms with Gasteiger partial charge in [-0.15, -0.1) is 0 Å². The van der Waals surface area contributed by atoms with E-state index in [1.807, 2.05) is 6.07 Å². The molecule has 4 nitrogen and oxygen atoms in total. The topological polar surface area (TPSA) is 42.4 Å². The quantitative estimate of drug-likeness (QED) is 0.810. The number of carbonyl (C=O) groups excluding carboxylic acids is 1. The van der Waals surface area contributed by atoms with Crippen LogP contribution in [0.5, 0.6) is 0 Å². The number of hydrogen-bond donors (Lipinski definition) is 0. The lowest BCUT2D eigenvalue weighted by Crippen LogP contribution is -2.22. The summed E-state index contributed by atoms with van der Waals surface area (Å²) in [4.78, 5) is 18.2. The van der Waals surface area contributed by atoms with Crippen molar-refractivity contribution in [2.24, 2.45) is 17.8 Å². The molecule has 126 valence electrons. The molecule has 1 aliphatic heterocycles. The van der Waals surface area contributed by atoms with E-state index in [4.69, 9.17) is 4.74 Å². The molecule has 1 aromatic heterocycles. The summed E-state index contributed by atoms with van der Waals surface area (Å²) in [5.41, 5.74) is 1.90. The predicted molar refractivity (Wildman–Crippen MR) is 90.3 cm³/mol. The van der Waals surface area contributed by atoms with E-state index in [2.05, 4.69) is 9.88 Å². The van der Waals surface area contributed by atoms with Crippen LogP contribution in [0.2, 0.25) is 0 Å². The second kappa shape index (κ2) is 6.04. The monoisotopic (exact) mass is 328 g/mol. The number of ether oxygens (including phenoxy) is 1. The molecule has 0 N–H and O–H groups in total. The van der Waals surface area contributed by atoms with E-state index in [1.165, 1.54) is 13.2 Å². The van der Waals surface area contributed by atoms with Crippen molar-refractivity contribution in [1.82, 2.24) is 4.98 Å². The summed E-state index contributed by atoms with van der Waals surface area (Å²) < 4.78 is 18.4. The number of halogens is 1. The molecular formula is C19H21FN2O2. The smallest absolute Gasteiger partial charge is 0.305 e. The van der Waals surface area contributed by atoms with Crippen LogP contribution in [0, 0.1) is 23.6 Å². The van der Waals surface area contributed by atoms with Crippen LogP contribution >= 0.6 is 0 Å². The largest absolute Gasteiger partial charge is 0.469 e. The zero-order valence-electron chi connectivity index (χ0n) is 13.7. The summed E-state index contributed by atoms with van der Waals surface area (Å²) >= 11 is 0. The van der Waals surface area contributed by atoms with Gasteiger partial charge in [0.1, 0.15) is 5.82 Å². The van der Waals surface area contributed by atoms with Crippen molar-refractivity contribution in [3.63, 3.8) is 0 Å². The van der Waals surface area contributed by atoms with E-state index in [9.17, 15) is 9.18 Å². The Balaban J connectivity index is 1.52. The lowest BCUT2D eigenvalue weighted by molar-refractivity contribution is -0.141. The van der Waals surface area contributed by atoms with Crippen molar-refractivity contribution in [1.29, 1.82) is 0 Å². The number of nitrogens with zero attached hydrogens (tertiary/aromatic N) is 2. The second-order valence-corrected chi connectivity index (χ2v) is 7.03. The van der Waals surface area contributed by atoms with Crippen molar-refractivity contribution in [3.8, 4) is 0 Å². The Morgan fingerprint density at radius 3 is 2.75 bits per heavy atom. The van der Waals surface area contributed by atoms with Gasteiger partial charge < -0.3 is 9.64 Å². The zero-order valence-corrected chi connectivity index (χ0v) is 13.7. The molecule has 1 saturated carbocycles. The molecule has 5 heteroatoms. The van der Waals surface area contributed by atoms with Crippen molar-refractivity contribution >= 4 is 22.6 Å². The number of esters is 1. The second-order valence-electron chi connectivity index (χ2n) is 7.03. The standard InChI is InChI=1S/C19H21FN2O2/c1-24-19(23)8-12-6-13-10-22(11-14(13)7-12)18-4-5-21-17-3-2-15(20)9-16(17)18/h2-5,9,12-14H,6-8,10-11H2,1H3/t12-,13-,14+. The van der Waals surface area contributed by atoms with Gasteiger partial charge in [-0.2, -0.15) is 0 Å². The van der Waals surface area contributed by atoms with Crippen LogP contribution in [-0.4, -0.2) is 31.2 Å². The van der Waals surface area contributed by atoms with Gasteiger partial charge in [-0.05, 0) is 54.9 Å². The first-order chi connectivity index (χ1) is 11.6. The van der Waals surface area contributed by atoms with Crippen LogP contribution in [0.1, 0.15) is 19.3 Å². The fraction of sp³-hybridized carbons (Fsp3) is 0.474. The van der Waals surface area contributed by atoms with E-state index in [0.717, 1.165) is 42.5 Å². The van der Waals surface area contributed by atoms with Crippen LogP contribution in [0.4, 0.5) is 10.1 Å². The first-order valence-corrected chi connectivity index (χ1v) is 8.50. The highest BCUT2D eigenvalue weighted by Gasteiger charge is 2.41. The summed E-state index contributed by atoms with van der Waals surface area (Å²) in [5, 5.41) is 0.878. The predicted octanol–water partition coefficient (Wildman–Crippen LogP) is 3.40. The van der Waals surface area contributed by atoms with Crippen LogP contribution in [0.15, 0.2) is 30.5 Å². The number of pyridine rings is 1. The van der Waals surface area contributed by atoms with Gasteiger partial charge in [-0.1, -0.05) is 0 Å². The minimum absolute atomic E-state index is 0.104. The van der Waals surface area contributed by atoms with E-state index in [0.29, 0.717) is 24.2 Å². The fourth-order valence-corrected chi connectivity index (χ4v) is 4.49. The Hall–Kier alpha value is -2.17. The first kappa shape index (κ1) is 15.4. The average molecular weight is 328 g/mol. The minimum atomic E-state index is -0.228. The molecule has 0 spiro atoms. The highest BCUT2D eigenvalue weighted by molar-refractivity contribution is 5.91. The van der Waals surface area contributed by atoms with E-state index in [1.54, 1.807) is 18.3 Å². The summed E-state index contributed by atoms with van der Waals surface area (Å²) in [5.74, 6) is 1.33. The molecule has 0 bridgehead atoms. The highest BCUT2D eigenvalue weighted by Crippen LogP contribution is 2.45. The Kier molecular flexibility index (Phi) is 3.87. The third-order valence-electron chi connectivity index (χ3n) is 5.55. The normalized spacial score (nSPS) is 25.9. The molecule has 1 aliphatic carbocycles. The van der Waals surface area contributed by atoms with E-state index >= 15 is 0 Å². The fourth-order valence-electron chi connectivity index (χ4n) is 4.49. The summed E-state index contributed by atoms with van der Waals surface area (Å²) in [6, 6.07) is 6.74. The van der Waals surface area contributed by atoms with Crippen LogP contribution in [0.3, 0.4) is 0 Å². The van der Waals surface area contributed by atoms with E-state index < -0.39 is 0 Å². The molecule has 24 heavy (non-hydrogen) atoms. The minimum Gasteiger partial charge on any atom is -0.469 e. The van der Waals surface area contributed by atoms with Gasteiger partial charge in [0.25, 0.3) is 0 Å². The molecule has 3 atom stereocenters. The van der Waals surface area contributed by atoms with Crippen molar-refractivity contribution in [2.75, 3.05) is 25.1 Å². The molecule has 0 unspecified atom stereocenters. The number of carbonyl (C=O) groups is 1. The first-order valence-electron chi connectivity index (χ1n) is 8.50. The van der Waals surface area contributed by atoms with Gasteiger partial charge in [0.2, 0.25) is 0 Å². The molecule has 0 radical (unpaired) electrons. The number of fused-ring (bicyclic) bond motifs is 2. The molecule has 2 aliphatic rings. The highest BCUT2D eigenvalue weighted by atomic mass is 19.1. The summed E-state index contributed by atoms with van der Waals surface area (Å²) in [7, 11) is 1.45. The van der Waals surface area contributed by atoms with Crippen molar-refractivity contribution in [2.45, 2.75) is 19.3 Å². The Morgan fingerprint density at radius 1 is 1.29 bits per heavy atom. The molecule has 2 fully saturated rings. The molecule has 2 heterocycles. The van der Waals surface area contributed by atoms with Crippen LogP contribution in [0.25, 0.3) is 10.9 Å². The third kappa shape index (κ3) is 2.72. The van der Waals surface area contributed by atoms with Crippen molar-refractivity contribution in [3.05, 3.63) is 36.3 Å². The maximum atomic E-state index is 13.7. The number of benzene rings is 1. The van der Waals surface area contributed by atoms with Crippen LogP contribution < -0.4 is 4.90 Å². The van der Waals surface area contributed by atoms with Crippen LogP contribution in [-0.2, 0) is 9.53 Å². The van der Waals surface area contributed by atoms with Gasteiger partial charge in [0.05, 0.1) is 12.6 Å². The zero-order chi connectivity index (χ0) is 16.7. The maximum Gasteiger partial charge on any atom is 0.305 e. The number of rotatable bonds is 3. The molecule has 4 rings (SSSR count). The molecule has 0 amide bonds. The van der Waals surface area contributed by atoms with Crippen molar-refractivity contribution < 1.29 is 13.9 Å². The average Bonchev–Trinajstić information content (AvgIpc) is 3.12. The number of hydrogen-bond acceptors (Lipinski definition) is 4. The lowest BCUT2D eigenvalue weighted by Gasteiger charge is -2.22. The van der Waals surface area contributed by atoms with Gasteiger partial charge in [0.15, 0.2) is 0 Å². The Bertz CT molecular complexity index is 765.